The number of hydrogen-bond acceptors (Lipinski definition) is 3. The van der Waals surface area contributed by atoms with Crippen molar-refractivity contribution in [1.29, 1.82) is 0 Å². The standard InChI is InChI=1S/C13H26N4O/c1-11(14-2)12-4-3-6-16(10-12)8-9-17-7-5-15-13(17)18/h11-12,14H,3-10H2,1-2H3,(H,15,18). The molecule has 5 nitrogen and oxygen atoms in total. The van der Waals surface area contributed by atoms with Crippen molar-refractivity contribution in [2.75, 3.05) is 46.3 Å². The summed E-state index contributed by atoms with van der Waals surface area (Å²) in [5.41, 5.74) is 0. The highest BCUT2D eigenvalue weighted by atomic mass is 16.2. The Balaban J connectivity index is 1.74. The Labute approximate surface area is 110 Å². The van der Waals surface area contributed by atoms with Crippen LogP contribution in [-0.2, 0) is 0 Å². The number of nitrogens with one attached hydrogen (secondary N) is 2. The first-order chi connectivity index (χ1) is 8.70. The predicted molar refractivity (Wildman–Crippen MR) is 72.7 cm³/mol. The predicted octanol–water partition coefficient (Wildman–Crippen LogP) is 0.332. The summed E-state index contributed by atoms with van der Waals surface area (Å²) in [6.45, 7) is 8.16. The molecule has 2 rings (SSSR count). The van der Waals surface area contributed by atoms with Crippen LogP contribution in [0.1, 0.15) is 19.8 Å². The summed E-state index contributed by atoms with van der Waals surface area (Å²) >= 11 is 0. The monoisotopic (exact) mass is 254 g/mol. The summed E-state index contributed by atoms with van der Waals surface area (Å²) in [7, 11) is 2.04. The molecule has 5 heteroatoms. The van der Waals surface area contributed by atoms with E-state index in [0.29, 0.717) is 6.04 Å². The molecule has 2 saturated heterocycles. The van der Waals surface area contributed by atoms with E-state index < -0.39 is 0 Å². The third-order valence-corrected chi connectivity index (χ3v) is 4.34. The molecule has 2 atom stereocenters. The lowest BCUT2D eigenvalue weighted by atomic mass is 9.92. The second-order valence-electron chi connectivity index (χ2n) is 5.50. The number of hydrogen-bond donors (Lipinski definition) is 2. The molecule has 2 aliphatic rings. The highest BCUT2D eigenvalue weighted by Gasteiger charge is 2.25. The van der Waals surface area contributed by atoms with Crippen molar-refractivity contribution in [3.05, 3.63) is 0 Å². The summed E-state index contributed by atoms with van der Waals surface area (Å²) in [5, 5.41) is 6.21. The second-order valence-corrected chi connectivity index (χ2v) is 5.50. The van der Waals surface area contributed by atoms with Gasteiger partial charge in [-0.3, -0.25) is 0 Å². The Kier molecular flexibility index (Phi) is 4.83. The lowest BCUT2D eigenvalue weighted by Gasteiger charge is -2.36. The number of rotatable bonds is 5. The van der Waals surface area contributed by atoms with Crippen molar-refractivity contribution in [1.82, 2.24) is 20.4 Å². The molecule has 0 aromatic rings. The van der Waals surface area contributed by atoms with E-state index in [4.69, 9.17) is 0 Å². The molecule has 0 bridgehead atoms. The van der Waals surface area contributed by atoms with Crippen LogP contribution >= 0.6 is 0 Å². The van der Waals surface area contributed by atoms with Crippen molar-refractivity contribution in [2.24, 2.45) is 5.92 Å². The first-order valence-electron chi connectivity index (χ1n) is 7.13. The molecule has 0 spiro atoms. The first kappa shape index (κ1) is 13.6. The van der Waals surface area contributed by atoms with Gasteiger partial charge in [0.25, 0.3) is 0 Å². The van der Waals surface area contributed by atoms with E-state index in [9.17, 15) is 4.79 Å². The number of carbonyl (C=O) groups excluding carboxylic acids is 1. The summed E-state index contributed by atoms with van der Waals surface area (Å²) in [6, 6.07) is 0.690. The Hall–Kier alpha value is -0.810. The van der Waals surface area contributed by atoms with Crippen LogP contribution in [0.15, 0.2) is 0 Å². The molecule has 104 valence electrons. The van der Waals surface area contributed by atoms with Gasteiger partial charge in [0, 0.05) is 38.8 Å². The quantitative estimate of drug-likeness (QED) is 0.743. The fourth-order valence-electron chi connectivity index (χ4n) is 2.92. The maximum atomic E-state index is 11.5. The van der Waals surface area contributed by atoms with E-state index >= 15 is 0 Å². The van der Waals surface area contributed by atoms with Gasteiger partial charge in [-0.05, 0) is 39.3 Å². The average molecular weight is 254 g/mol. The van der Waals surface area contributed by atoms with Gasteiger partial charge >= 0.3 is 6.03 Å². The molecule has 2 N–H and O–H groups in total. The van der Waals surface area contributed by atoms with E-state index in [-0.39, 0.29) is 6.03 Å². The fourth-order valence-corrected chi connectivity index (χ4v) is 2.92. The largest absolute Gasteiger partial charge is 0.336 e. The molecule has 18 heavy (non-hydrogen) atoms. The molecule has 0 aromatic heterocycles. The number of amides is 2. The zero-order valence-corrected chi connectivity index (χ0v) is 11.6. The van der Waals surface area contributed by atoms with E-state index in [1.54, 1.807) is 0 Å². The highest BCUT2D eigenvalue weighted by molar-refractivity contribution is 5.76. The lowest BCUT2D eigenvalue weighted by Crippen LogP contribution is -2.46. The van der Waals surface area contributed by atoms with E-state index in [0.717, 1.165) is 38.6 Å². The van der Waals surface area contributed by atoms with Gasteiger partial charge in [-0.1, -0.05) is 0 Å². The van der Waals surface area contributed by atoms with Gasteiger partial charge in [0.2, 0.25) is 0 Å². The van der Waals surface area contributed by atoms with Gasteiger partial charge in [-0.15, -0.1) is 0 Å². The molecule has 2 heterocycles. The van der Waals surface area contributed by atoms with Crippen LogP contribution in [0.25, 0.3) is 0 Å². The van der Waals surface area contributed by atoms with Crippen LogP contribution in [0.4, 0.5) is 4.79 Å². The summed E-state index contributed by atoms with van der Waals surface area (Å²) in [5.74, 6) is 0.746. The minimum Gasteiger partial charge on any atom is -0.336 e. The van der Waals surface area contributed by atoms with Crippen molar-refractivity contribution < 1.29 is 4.79 Å². The van der Waals surface area contributed by atoms with Crippen molar-refractivity contribution in [3.63, 3.8) is 0 Å². The zero-order chi connectivity index (χ0) is 13.0. The summed E-state index contributed by atoms with van der Waals surface area (Å²) in [4.78, 5) is 15.9. The van der Waals surface area contributed by atoms with Crippen LogP contribution in [0, 0.1) is 5.92 Å². The molecule has 2 aliphatic heterocycles. The highest BCUT2D eigenvalue weighted by Crippen LogP contribution is 2.19. The molecular formula is C13H26N4O. The number of likely N-dealkylation sites (tertiary alicyclic amines) is 1. The average Bonchev–Trinajstić information content (AvgIpc) is 2.81. The van der Waals surface area contributed by atoms with E-state index in [2.05, 4.69) is 22.5 Å². The molecule has 2 unspecified atom stereocenters. The van der Waals surface area contributed by atoms with Crippen LogP contribution in [0.2, 0.25) is 0 Å². The van der Waals surface area contributed by atoms with Crippen LogP contribution in [0.3, 0.4) is 0 Å². The number of piperidine rings is 1. The van der Waals surface area contributed by atoms with Crippen LogP contribution < -0.4 is 10.6 Å². The molecule has 0 saturated carbocycles. The van der Waals surface area contributed by atoms with E-state index in [1.165, 1.54) is 19.4 Å². The minimum atomic E-state index is 0.104. The maximum Gasteiger partial charge on any atom is 0.317 e. The second kappa shape index (κ2) is 6.38. The Bertz CT molecular complexity index is 284. The van der Waals surface area contributed by atoms with Gasteiger partial charge in [0.05, 0.1) is 0 Å². The van der Waals surface area contributed by atoms with Crippen LogP contribution in [-0.4, -0.2) is 68.2 Å². The third-order valence-electron chi connectivity index (χ3n) is 4.34. The Morgan fingerprint density at radius 2 is 2.28 bits per heavy atom. The van der Waals surface area contributed by atoms with Gasteiger partial charge in [0.15, 0.2) is 0 Å². The van der Waals surface area contributed by atoms with Gasteiger partial charge in [-0.2, -0.15) is 0 Å². The van der Waals surface area contributed by atoms with Crippen LogP contribution in [0.5, 0.6) is 0 Å². The molecule has 0 aromatic carbocycles. The fraction of sp³-hybridized carbons (Fsp3) is 0.923. The number of carbonyl (C=O) groups is 1. The van der Waals surface area contributed by atoms with Crippen molar-refractivity contribution >= 4 is 6.03 Å². The van der Waals surface area contributed by atoms with E-state index in [1.807, 2.05) is 11.9 Å². The van der Waals surface area contributed by atoms with Crippen molar-refractivity contribution in [3.8, 4) is 0 Å². The van der Waals surface area contributed by atoms with Gasteiger partial charge in [-0.25, -0.2) is 4.79 Å². The zero-order valence-electron chi connectivity index (χ0n) is 11.6. The smallest absolute Gasteiger partial charge is 0.317 e. The van der Waals surface area contributed by atoms with Crippen molar-refractivity contribution in [2.45, 2.75) is 25.8 Å². The molecule has 2 amide bonds. The number of nitrogens with zero attached hydrogens (tertiary/aromatic N) is 2. The van der Waals surface area contributed by atoms with Gasteiger partial charge < -0.3 is 20.4 Å². The summed E-state index contributed by atoms with van der Waals surface area (Å²) in [6.07, 6.45) is 2.60. The molecular weight excluding hydrogens is 228 g/mol. The summed E-state index contributed by atoms with van der Waals surface area (Å²) < 4.78 is 0. The maximum absolute atomic E-state index is 11.5. The molecule has 0 aliphatic carbocycles. The lowest BCUT2D eigenvalue weighted by molar-refractivity contribution is 0.141. The Morgan fingerprint density at radius 1 is 1.44 bits per heavy atom. The van der Waals surface area contributed by atoms with Gasteiger partial charge in [0.1, 0.15) is 0 Å². The normalized spacial score (nSPS) is 27.3. The third kappa shape index (κ3) is 3.36. The Morgan fingerprint density at radius 3 is 2.94 bits per heavy atom. The topological polar surface area (TPSA) is 47.6 Å². The number of urea groups is 1. The first-order valence-corrected chi connectivity index (χ1v) is 7.13. The molecule has 0 radical (unpaired) electrons. The minimum absolute atomic E-state index is 0.104. The molecule has 2 fully saturated rings. The SMILES string of the molecule is CNC(C)C1CCCN(CCN2CCNC2=O)C1.